The number of rotatable bonds is 5. The zero-order chi connectivity index (χ0) is 15.4. The summed E-state index contributed by atoms with van der Waals surface area (Å²) >= 11 is 0. The zero-order valence-electron chi connectivity index (χ0n) is 12.8. The van der Waals surface area contributed by atoms with Crippen LogP contribution in [0.1, 0.15) is 25.3 Å². The third-order valence-corrected chi connectivity index (χ3v) is 3.57. The number of nitrogens with two attached hydrogens (primary N) is 1. The van der Waals surface area contributed by atoms with Crippen LogP contribution < -0.4 is 16.0 Å². The van der Waals surface area contributed by atoms with Crippen LogP contribution >= 0.6 is 0 Å². The Balaban J connectivity index is 2.66. The van der Waals surface area contributed by atoms with Crippen molar-refractivity contribution in [3.05, 3.63) is 46.2 Å². The van der Waals surface area contributed by atoms with Gasteiger partial charge < -0.3 is 15.0 Å². The van der Waals surface area contributed by atoms with E-state index in [4.69, 9.17) is 10.5 Å². The summed E-state index contributed by atoms with van der Waals surface area (Å²) in [5.74, 6) is 0.759. The molecule has 0 unspecified atom stereocenters. The Morgan fingerprint density at radius 1 is 1.24 bits per heavy atom. The van der Waals surface area contributed by atoms with Crippen LogP contribution in [0.5, 0.6) is 5.75 Å². The van der Waals surface area contributed by atoms with Crippen LogP contribution in [-0.2, 0) is 6.54 Å². The number of hydrogen-bond donors (Lipinski definition) is 1. The molecule has 0 bridgehead atoms. The Morgan fingerprint density at radius 3 is 2.67 bits per heavy atom. The van der Waals surface area contributed by atoms with Crippen molar-refractivity contribution in [2.45, 2.75) is 33.2 Å². The molecule has 2 N–H and O–H groups in total. The molecule has 2 aromatic rings. The molecule has 0 saturated carbocycles. The highest BCUT2D eigenvalue weighted by Gasteiger charge is 2.13. The number of aromatic nitrogens is 1. The Hall–Kier alpha value is -2.23. The van der Waals surface area contributed by atoms with Gasteiger partial charge in [-0.3, -0.25) is 4.79 Å². The van der Waals surface area contributed by atoms with Gasteiger partial charge in [-0.1, -0.05) is 25.0 Å². The Morgan fingerprint density at radius 2 is 2.00 bits per heavy atom. The van der Waals surface area contributed by atoms with Gasteiger partial charge in [-0.2, -0.15) is 0 Å². The molecule has 112 valence electrons. The Bertz CT molecular complexity index is 690. The highest BCUT2D eigenvalue weighted by Crippen LogP contribution is 2.30. The molecule has 21 heavy (non-hydrogen) atoms. The van der Waals surface area contributed by atoms with Gasteiger partial charge in [-0.15, -0.1) is 0 Å². The molecule has 2 rings (SSSR count). The van der Waals surface area contributed by atoms with Crippen molar-refractivity contribution in [2.24, 2.45) is 0 Å². The number of pyridine rings is 1. The van der Waals surface area contributed by atoms with Crippen molar-refractivity contribution in [3.8, 4) is 17.0 Å². The minimum absolute atomic E-state index is 0.135. The van der Waals surface area contributed by atoms with Gasteiger partial charge in [-0.25, -0.2) is 0 Å². The first-order chi connectivity index (χ1) is 10.1. The smallest absolute Gasteiger partial charge is 0.274 e. The summed E-state index contributed by atoms with van der Waals surface area (Å²) in [7, 11) is 1.64. The molecule has 1 aromatic carbocycles. The fourth-order valence-electron chi connectivity index (χ4n) is 2.39. The number of ether oxygens (including phenoxy) is 1. The van der Waals surface area contributed by atoms with Gasteiger partial charge in [0, 0.05) is 12.1 Å². The fourth-order valence-corrected chi connectivity index (χ4v) is 2.39. The lowest BCUT2D eigenvalue weighted by Crippen LogP contribution is -2.24. The monoisotopic (exact) mass is 286 g/mol. The standard InChI is InChI=1S/C17H22N2O2/c1-4-5-10-19-15(8-7-14(18)17(19)20)13-11-12(2)6-9-16(13)21-3/h6-9,11H,4-5,10,18H2,1-3H3. The molecule has 0 aliphatic carbocycles. The minimum Gasteiger partial charge on any atom is -0.496 e. The van der Waals surface area contributed by atoms with Crippen LogP contribution in [0.25, 0.3) is 11.3 Å². The molecule has 0 fully saturated rings. The van der Waals surface area contributed by atoms with E-state index in [-0.39, 0.29) is 11.2 Å². The average Bonchev–Trinajstić information content (AvgIpc) is 2.48. The number of unbranched alkanes of at least 4 members (excludes halogenated alkanes) is 1. The lowest BCUT2D eigenvalue weighted by molar-refractivity contribution is 0.415. The molecule has 0 aliphatic heterocycles. The number of hydrogen-bond acceptors (Lipinski definition) is 3. The highest BCUT2D eigenvalue weighted by molar-refractivity contribution is 5.69. The van der Waals surface area contributed by atoms with Gasteiger partial charge in [-0.05, 0) is 37.6 Å². The predicted octanol–water partition coefficient (Wildman–Crippen LogP) is 3.21. The average molecular weight is 286 g/mol. The molecule has 1 aromatic heterocycles. The number of aryl methyl sites for hydroxylation is 1. The minimum atomic E-state index is -0.135. The molecule has 0 radical (unpaired) electrons. The summed E-state index contributed by atoms with van der Waals surface area (Å²) in [5.41, 5.74) is 8.81. The maximum atomic E-state index is 12.4. The Labute approximate surface area is 125 Å². The van der Waals surface area contributed by atoms with Crippen molar-refractivity contribution in [2.75, 3.05) is 12.8 Å². The molecule has 0 aliphatic rings. The topological polar surface area (TPSA) is 57.2 Å². The summed E-state index contributed by atoms with van der Waals surface area (Å²) in [6.07, 6.45) is 1.95. The normalized spacial score (nSPS) is 10.6. The van der Waals surface area contributed by atoms with Crippen LogP contribution in [0, 0.1) is 6.92 Å². The largest absolute Gasteiger partial charge is 0.496 e. The highest BCUT2D eigenvalue weighted by atomic mass is 16.5. The van der Waals surface area contributed by atoms with Crippen LogP contribution in [0.4, 0.5) is 5.69 Å². The van der Waals surface area contributed by atoms with Gasteiger partial charge >= 0.3 is 0 Å². The molecule has 0 saturated heterocycles. The van der Waals surface area contributed by atoms with Crippen molar-refractivity contribution >= 4 is 5.69 Å². The van der Waals surface area contributed by atoms with E-state index in [0.717, 1.165) is 35.4 Å². The van der Waals surface area contributed by atoms with Gasteiger partial charge in [0.25, 0.3) is 5.56 Å². The van der Waals surface area contributed by atoms with Gasteiger partial charge in [0.15, 0.2) is 0 Å². The van der Waals surface area contributed by atoms with E-state index >= 15 is 0 Å². The second kappa shape index (κ2) is 6.48. The molecule has 0 spiro atoms. The van der Waals surface area contributed by atoms with Crippen LogP contribution in [-0.4, -0.2) is 11.7 Å². The van der Waals surface area contributed by atoms with Crippen molar-refractivity contribution in [1.29, 1.82) is 0 Å². The van der Waals surface area contributed by atoms with Crippen molar-refractivity contribution in [3.63, 3.8) is 0 Å². The SMILES string of the molecule is CCCCn1c(-c2cc(C)ccc2OC)ccc(N)c1=O. The maximum Gasteiger partial charge on any atom is 0.274 e. The lowest BCUT2D eigenvalue weighted by atomic mass is 10.1. The first kappa shape index (κ1) is 15.2. The predicted molar refractivity (Wildman–Crippen MR) is 86.7 cm³/mol. The quantitative estimate of drug-likeness (QED) is 0.918. The molecule has 1 heterocycles. The van der Waals surface area contributed by atoms with E-state index < -0.39 is 0 Å². The van der Waals surface area contributed by atoms with E-state index in [1.54, 1.807) is 17.7 Å². The van der Waals surface area contributed by atoms with Gasteiger partial charge in [0.1, 0.15) is 5.75 Å². The van der Waals surface area contributed by atoms with E-state index in [2.05, 4.69) is 6.92 Å². The molecule has 4 nitrogen and oxygen atoms in total. The van der Waals surface area contributed by atoms with E-state index in [1.165, 1.54) is 0 Å². The molecule has 4 heteroatoms. The Kier molecular flexibility index (Phi) is 4.68. The second-order valence-corrected chi connectivity index (χ2v) is 5.19. The molecule has 0 amide bonds. The van der Waals surface area contributed by atoms with Crippen molar-refractivity contribution in [1.82, 2.24) is 4.57 Å². The van der Waals surface area contributed by atoms with Crippen LogP contribution in [0.15, 0.2) is 35.1 Å². The summed E-state index contributed by atoms with van der Waals surface area (Å²) in [6.45, 7) is 4.78. The van der Waals surface area contributed by atoms with Gasteiger partial charge in [0.05, 0.1) is 18.5 Å². The number of nitrogens with zero attached hydrogens (tertiary/aromatic N) is 1. The fraction of sp³-hybridized carbons (Fsp3) is 0.353. The van der Waals surface area contributed by atoms with E-state index in [1.807, 2.05) is 31.2 Å². The van der Waals surface area contributed by atoms with E-state index in [0.29, 0.717) is 6.54 Å². The van der Waals surface area contributed by atoms with Gasteiger partial charge in [0.2, 0.25) is 0 Å². The second-order valence-electron chi connectivity index (χ2n) is 5.19. The number of methoxy groups -OCH3 is 1. The number of anilines is 1. The number of nitrogen functional groups attached to an aromatic ring is 1. The van der Waals surface area contributed by atoms with Crippen LogP contribution in [0.3, 0.4) is 0 Å². The lowest BCUT2D eigenvalue weighted by Gasteiger charge is -2.16. The third kappa shape index (κ3) is 3.10. The molecule has 0 atom stereocenters. The summed E-state index contributed by atoms with van der Waals surface area (Å²) in [6, 6.07) is 9.52. The zero-order valence-corrected chi connectivity index (χ0v) is 12.8. The maximum absolute atomic E-state index is 12.4. The summed E-state index contributed by atoms with van der Waals surface area (Å²) in [5, 5.41) is 0. The summed E-state index contributed by atoms with van der Waals surface area (Å²) in [4.78, 5) is 12.4. The van der Waals surface area contributed by atoms with Crippen LogP contribution in [0.2, 0.25) is 0 Å². The van der Waals surface area contributed by atoms with Crippen molar-refractivity contribution < 1.29 is 4.74 Å². The summed E-state index contributed by atoms with van der Waals surface area (Å²) < 4.78 is 7.18. The first-order valence-electron chi connectivity index (χ1n) is 7.22. The first-order valence-corrected chi connectivity index (χ1v) is 7.22. The molecular weight excluding hydrogens is 264 g/mol. The number of benzene rings is 1. The molecular formula is C17H22N2O2. The van der Waals surface area contributed by atoms with E-state index in [9.17, 15) is 4.79 Å². The third-order valence-electron chi connectivity index (χ3n) is 3.57.